The Morgan fingerprint density at radius 2 is 1.68 bits per heavy atom. The summed E-state index contributed by atoms with van der Waals surface area (Å²) < 4.78 is 0. The molecule has 2 aromatic rings. The fraction of sp³-hybridized carbons (Fsp3) is 0.105. The summed E-state index contributed by atoms with van der Waals surface area (Å²) in [6, 6.07) is 11.7. The summed E-state index contributed by atoms with van der Waals surface area (Å²) in [5.74, 6) is -4.52. The van der Waals surface area contributed by atoms with Gasteiger partial charge in [-0.2, -0.15) is 0 Å². The molecule has 9 nitrogen and oxygen atoms in total. The third-order valence-corrected chi connectivity index (χ3v) is 4.31. The van der Waals surface area contributed by atoms with Crippen molar-refractivity contribution in [2.45, 2.75) is 6.04 Å². The number of ketones is 1. The Labute approximate surface area is 158 Å². The molecular formula is C19H13N2O7-. The van der Waals surface area contributed by atoms with Crippen LogP contribution in [0.2, 0.25) is 0 Å². The van der Waals surface area contributed by atoms with Crippen LogP contribution in [0.4, 0.5) is 5.69 Å². The van der Waals surface area contributed by atoms with Gasteiger partial charge in [0.25, 0.3) is 17.4 Å². The lowest BCUT2D eigenvalue weighted by atomic mass is 9.94. The summed E-state index contributed by atoms with van der Waals surface area (Å²) in [5.41, 5.74) is -0.730. The summed E-state index contributed by atoms with van der Waals surface area (Å²) in [6.07, 6.45) is 0. The maximum atomic E-state index is 12.6. The summed E-state index contributed by atoms with van der Waals surface area (Å²) >= 11 is 0. The van der Waals surface area contributed by atoms with E-state index in [9.17, 15) is 34.7 Å². The van der Waals surface area contributed by atoms with Crippen molar-refractivity contribution in [2.24, 2.45) is 0 Å². The minimum Gasteiger partial charge on any atom is -0.548 e. The van der Waals surface area contributed by atoms with Crippen molar-refractivity contribution in [3.63, 3.8) is 0 Å². The van der Waals surface area contributed by atoms with Crippen LogP contribution >= 0.6 is 0 Å². The Morgan fingerprint density at radius 1 is 1.07 bits per heavy atom. The lowest BCUT2D eigenvalue weighted by molar-refractivity contribution is -0.385. The van der Waals surface area contributed by atoms with Crippen molar-refractivity contribution in [3.05, 3.63) is 81.4 Å². The van der Waals surface area contributed by atoms with Crippen LogP contribution in [0.5, 0.6) is 0 Å². The van der Waals surface area contributed by atoms with Gasteiger partial charge in [-0.3, -0.25) is 19.7 Å². The topological polar surface area (TPSA) is 141 Å². The van der Waals surface area contributed by atoms with Crippen molar-refractivity contribution in [1.29, 1.82) is 0 Å². The maximum absolute atomic E-state index is 12.6. The standard InChI is InChI=1S/C19H14N2O7/c22-14(23)10-20-16(12-8-4-5-9-13(12)21(27)28)15(18(25)19(20)26)17(24)11-6-2-1-3-7-11/h1-9,16,24H,10H2,(H,22,23)/p-1/b17-15-/t16-/m1/s1. The quantitative estimate of drug-likeness (QED) is 0.265. The molecule has 0 aromatic heterocycles. The number of nitrogens with zero attached hydrogens (tertiary/aromatic N) is 2. The number of likely N-dealkylation sites (tertiary alicyclic amines) is 1. The van der Waals surface area contributed by atoms with Gasteiger partial charge < -0.3 is 19.9 Å². The Balaban J connectivity index is 2.28. The number of aliphatic hydroxyl groups is 1. The van der Waals surface area contributed by atoms with E-state index >= 15 is 0 Å². The van der Waals surface area contributed by atoms with E-state index in [1.807, 2.05) is 0 Å². The first-order chi connectivity index (χ1) is 13.3. The van der Waals surface area contributed by atoms with E-state index in [0.29, 0.717) is 4.90 Å². The fourth-order valence-electron chi connectivity index (χ4n) is 3.14. The SMILES string of the molecule is O=C([O-])CN1C(=O)C(=O)/C(=C(\O)c2ccccc2)[C@H]1c1ccccc1[N+](=O)[O-]. The number of aliphatic carboxylic acids is 1. The number of nitro groups is 1. The molecule has 1 atom stereocenters. The second-order valence-electron chi connectivity index (χ2n) is 5.98. The lowest BCUT2D eigenvalue weighted by Gasteiger charge is -2.25. The van der Waals surface area contributed by atoms with Crippen molar-refractivity contribution in [2.75, 3.05) is 6.54 Å². The number of para-hydroxylation sites is 1. The highest BCUT2D eigenvalue weighted by molar-refractivity contribution is 6.47. The molecule has 1 fully saturated rings. The van der Waals surface area contributed by atoms with Gasteiger partial charge in [0, 0.05) is 11.6 Å². The molecule has 2 aromatic carbocycles. The number of aliphatic hydroxyl groups excluding tert-OH is 1. The molecule has 0 aliphatic carbocycles. The summed E-state index contributed by atoms with van der Waals surface area (Å²) in [6.45, 7) is -0.965. The largest absolute Gasteiger partial charge is 0.548 e. The number of amides is 1. The van der Waals surface area contributed by atoms with Crippen molar-refractivity contribution >= 4 is 29.1 Å². The Kier molecular flexibility index (Phi) is 4.90. The number of hydrogen-bond acceptors (Lipinski definition) is 7. The molecule has 0 saturated carbocycles. The number of carboxylic acid groups (broad SMARTS) is 1. The van der Waals surface area contributed by atoms with Gasteiger partial charge in [-0.25, -0.2) is 0 Å². The van der Waals surface area contributed by atoms with Crippen molar-refractivity contribution in [3.8, 4) is 0 Å². The molecule has 142 valence electrons. The van der Waals surface area contributed by atoms with Crippen LogP contribution in [0.25, 0.3) is 5.76 Å². The van der Waals surface area contributed by atoms with Gasteiger partial charge in [-0.15, -0.1) is 0 Å². The van der Waals surface area contributed by atoms with Gasteiger partial charge in [-0.1, -0.05) is 42.5 Å². The average Bonchev–Trinajstić information content (AvgIpc) is 2.92. The molecule has 0 unspecified atom stereocenters. The number of nitro benzene ring substituents is 1. The molecule has 0 radical (unpaired) electrons. The van der Waals surface area contributed by atoms with E-state index in [2.05, 4.69) is 0 Å². The molecule has 1 saturated heterocycles. The zero-order chi connectivity index (χ0) is 20.4. The molecule has 9 heteroatoms. The highest BCUT2D eigenvalue weighted by atomic mass is 16.6. The summed E-state index contributed by atoms with van der Waals surface area (Å²) in [7, 11) is 0. The molecule has 1 heterocycles. The average molecular weight is 381 g/mol. The third kappa shape index (κ3) is 3.20. The fourth-order valence-corrected chi connectivity index (χ4v) is 3.14. The van der Waals surface area contributed by atoms with E-state index in [1.165, 1.54) is 30.3 Å². The van der Waals surface area contributed by atoms with Crippen LogP contribution in [0, 0.1) is 10.1 Å². The highest BCUT2D eigenvalue weighted by Crippen LogP contribution is 2.42. The van der Waals surface area contributed by atoms with Crippen LogP contribution in [0.3, 0.4) is 0 Å². The van der Waals surface area contributed by atoms with Crippen LogP contribution in [-0.4, -0.2) is 39.1 Å². The summed E-state index contributed by atoms with van der Waals surface area (Å²) in [4.78, 5) is 47.5. The molecule has 1 amide bonds. The van der Waals surface area contributed by atoms with Crippen molar-refractivity contribution in [1.82, 2.24) is 4.90 Å². The molecule has 3 rings (SSSR count). The number of benzene rings is 2. The van der Waals surface area contributed by atoms with Gasteiger partial charge in [-0.05, 0) is 6.07 Å². The predicted molar refractivity (Wildman–Crippen MR) is 93.6 cm³/mol. The van der Waals surface area contributed by atoms with Crippen LogP contribution in [0.1, 0.15) is 17.2 Å². The van der Waals surface area contributed by atoms with Crippen LogP contribution in [0.15, 0.2) is 60.2 Å². The van der Waals surface area contributed by atoms with Gasteiger partial charge in [0.05, 0.1) is 34.6 Å². The van der Waals surface area contributed by atoms with E-state index in [-0.39, 0.29) is 11.1 Å². The Bertz CT molecular complexity index is 1010. The predicted octanol–water partition coefficient (Wildman–Crippen LogP) is 0.766. The van der Waals surface area contributed by atoms with Crippen molar-refractivity contribution < 1.29 is 29.5 Å². The summed E-state index contributed by atoms with van der Waals surface area (Å²) in [5, 5.41) is 33.2. The van der Waals surface area contributed by atoms with E-state index in [0.717, 1.165) is 6.07 Å². The lowest BCUT2D eigenvalue weighted by Crippen LogP contribution is -2.40. The van der Waals surface area contributed by atoms with Gasteiger partial charge in [0.15, 0.2) is 0 Å². The maximum Gasteiger partial charge on any atom is 0.295 e. The first kappa shape index (κ1) is 18.8. The first-order valence-corrected chi connectivity index (χ1v) is 8.10. The second-order valence-corrected chi connectivity index (χ2v) is 5.98. The molecule has 0 spiro atoms. The molecule has 1 aliphatic rings. The van der Waals surface area contributed by atoms with Gasteiger partial charge in [0.2, 0.25) is 0 Å². The Hall–Kier alpha value is -4.01. The van der Waals surface area contributed by atoms with Gasteiger partial charge >= 0.3 is 0 Å². The molecule has 28 heavy (non-hydrogen) atoms. The molecule has 0 bridgehead atoms. The van der Waals surface area contributed by atoms with Gasteiger partial charge in [0.1, 0.15) is 5.76 Å². The number of carbonyl (C=O) groups is 3. The number of carboxylic acids is 1. The third-order valence-electron chi connectivity index (χ3n) is 4.31. The molecule has 1 aliphatic heterocycles. The normalized spacial score (nSPS) is 18.3. The van der Waals surface area contributed by atoms with E-state index in [4.69, 9.17) is 0 Å². The Morgan fingerprint density at radius 3 is 2.29 bits per heavy atom. The molecule has 1 N–H and O–H groups in total. The zero-order valence-corrected chi connectivity index (χ0v) is 14.3. The number of Topliss-reactive ketones (excluding diaryl/α,β-unsaturated/α-hetero) is 1. The minimum absolute atomic E-state index is 0.0922. The molecular weight excluding hydrogens is 368 g/mol. The smallest absolute Gasteiger partial charge is 0.295 e. The van der Waals surface area contributed by atoms with E-state index < -0.39 is 52.2 Å². The zero-order valence-electron chi connectivity index (χ0n) is 14.3. The highest BCUT2D eigenvalue weighted by Gasteiger charge is 2.48. The minimum atomic E-state index is -1.65. The van der Waals surface area contributed by atoms with Crippen LogP contribution in [-0.2, 0) is 14.4 Å². The number of carbonyl (C=O) groups excluding carboxylic acids is 3. The monoisotopic (exact) mass is 381 g/mol. The van der Waals surface area contributed by atoms with Crippen LogP contribution < -0.4 is 5.11 Å². The second kappa shape index (κ2) is 7.31. The van der Waals surface area contributed by atoms with E-state index in [1.54, 1.807) is 18.2 Å². The first-order valence-electron chi connectivity index (χ1n) is 8.10. The number of hydrogen-bond donors (Lipinski definition) is 1. The number of rotatable bonds is 5.